The van der Waals surface area contributed by atoms with Crippen molar-refractivity contribution in [3.63, 3.8) is 0 Å². The van der Waals surface area contributed by atoms with Crippen LogP contribution in [0.1, 0.15) is 17.5 Å². The molecular weight excluding hydrogens is 477 g/mol. The standard InChI is InChI=1S/C28H24FN3O5/c1-35-23-13-20-21(14-24(23)36-2)32-12-11-22(20)37-19-9-5-17(6-10-19)27(16-3-7-18(29)8-4-16)15-28(27,25(30)33)26(31)34/h3-14H,15H2,1-2H3,(H2,30,33)(H2,31,34). The van der Waals surface area contributed by atoms with Crippen molar-refractivity contribution in [3.05, 3.63) is 89.9 Å². The fourth-order valence-corrected chi connectivity index (χ4v) is 5.14. The molecular formula is C28H24FN3O5. The number of carbonyl (C=O) groups excluding carboxylic acids is 2. The summed E-state index contributed by atoms with van der Waals surface area (Å²) in [5.41, 5.74) is 10.5. The Morgan fingerprint density at radius 1 is 0.838 bits per heavy atom. The summed E-state index contributed by atoms with van der Waals surface area (Å²) >= 11 is 0. The van der Waals surface area contributed by atoms with E-state index < -0.39 is 28.5 Å². The number of pyridine rings is 1. The molecule has 9 heteroatoms. The number of carbonyl (C=O) groups is 2. The van der Waals surface area contributed by atoms with Gasteiger partial charge in [0.25, 0.3) is 0 Å². The number of nitrogens with zero attached hydrogens (tertiary/aromatic N) is 1. The molecule has 4 N–H and O–H groups in total. The zero-order valence-electron chi connectivity index (χ0n) is 20.2. The number of hydrogen-bond acceptors (Lipinski definition) is 6. The van der Waals surface area contributed by atoms with Crippen LogP contribution in [0.5, 0.6) is 23.0 Å². The van der Waals surface area contributed by atoms with Gasteiger partial charge in [-0.05, 0) is 53.9 Å². The number of methoxy groups -OCH3 is 2. The molecule has 1 unspecified atom stereocenters. The number of ether oxygens (including phenoxy) is 3. The van der Waals surface area contributed by atoms with E-state index in [0.717, 1.165) is 5.39 Å². The van der Waals surface area contributed by atoms with E-state index in [1.165, 1.54) is 24.3 Å². The van der Waals surface area contributed by atoms with E-state index in [4.69, 9.17) is 25.7 Å². The number of aromatic nitrogens is 1. The Morgan fingerprint density at radius 2 is 1.41 bits per heavy atom. The molecule has 8 nitrogen and oxygen atoms in total. The molecule has 1 fully saturated rings. The minimum atomic E-state index is -1.62. The summed E-state index contributed by atoms with van der Waals surface area (Å²) in [6.07, 6.45) is 1.72. The second kappa shape index (κ2) is 8.77. The highest BCUT2D eigenvalue weighted by Gasteiger charge is 2.76. The summed E-state index contributed by atoms with van der Waals surface area (Å²) in [5, 5.41) is 0.718. The molecule has 4 aromatic rings. The predicted octanol–water partition coefficient (Wildman–Crippen LogP) is 3.83. The average molecular weight is 502 g/mol. The van der Waals surface area contributed by atoms with Gasteiger partial charge in [0, 0.05) is 23.1 Å². The number of halogens is 1. The van der Waals surface area contributed by atoms with Gasteiger partial charge in [-0.15, -0.1) is 0 Å². The first-order chi connectivity index (χ1) is 17.8. The molecule has 188 valence electrons. The lowest BCUT2D eigenvalue weighted by molar-refractivity contribution is -0.134. The lowest BCUT2D eigenvalue weighted by Crippen LogP contribution is -2.43. The molecule has 0 aliphatic heterocycles. The van der Waals surface area contributed by atoms with E-state index in [1.807, 2.05) is 0 Å². The summed E-state index contributed by atoms with van der Waals surface area (Å²) in [4.78, 5) is 29.3. The predicted molar refractivity (Wildman–Crippen MR) is 134 cm³/mol. The van der Waals surface area contributed by atoms with Crippen LogP contribution in [0.4, 0.5) is 4.39 Å². The van der Waals surface area contributed by atoms with Crippen molar-refractivity contribution in [2.45, 2.75) is 11.8 Å². The van der Waals surface area contributed by atoms with Crippen LogP contribution in [0.2, 0.25) is 0 Å². The Labute approximate surface area is 212 Å². The maximum atomic E-state index is 13.6. The zero-order valence-corrected chi connectivity index (χ0v) is 20.2. The number of nitrogens with two attached hydrogens (primary N) is 2. The lowest BCUT2D eigenvalue weighted by Gasteiger charge is -2.23. The van der Waals surface area contributed by atoms with Crippen molar-refractivity contribution in [1.82, 2.24) is 4.98 Å². The van der Waals surface area contributed by atoms with E-state index >= 15 is 0 Å². The SMILES string of the molecule is COc1cc2nccc(Oc3ccc(C4(c5ccc(F)cc5)CC4(C(N)=O)C(N)=O)cc3)c2cc1OC. The van der Waals surface area contributed by atoms with Gasteiger partial charge >= 0.3 is 0 Å². The van der Waals surface area contributed by atoms with Crippen molar-refractivity contribution in [2.75, 3.05) is 14.2 Å². The van der Waals surface area contributed by atoms with E-state index in [9.17, 15) is 14.0 Å². The topological polar surface area (TPSA) is 127 Å². The Morgan fingerprint density at radius 3 is 1.95 bits per heavy atom. The maximum Gasteiger partial charge on any atom is 0.234 e. The Hall–Kier alpha value is -4.66. The first-order valence-electron chi connectivity index (χ1n) is 11.4. The van der Waals surface area contributed by atoms with Crippen molar-refractivity contribution < 1.29 is 28.2 Å². The monoisotopic (exact) mass is 501 g/mol. The summed E-state index contributed by atoms with van der Waals surface area (Å²) in [6, 6.07) is 17.8. The average Bonchev–Trinajstić information content (AvgIpc) is 3.62. The normalized spacial score (nSPS) is 17.7. The largest absolute Gasteiger partial charge is 0.493 e. The third kappa shape index (κ3) is 3.62. The van der Waals surface area contributed by atoms with Gasteiger partial charge in [0.2, 0.25) is 11.8 Å². The summed E-state index contributed by atoms with van der Waals surface area (Å²) in [5.74, 6) is 0.0476. The van der Waals surface area contributed by atoms with Crippen molar-refractivity contribution >= 4 is 22.7 Å². The molecule has 0 spiro atoms. The molecule has 1 aliphatic rings. The summed E-state index contributed by atoms with van der Waals surface area (Å²) in [7, 11) is 3.10. The van der Waals surface area contributed by atoms with Gasteiger partial charge in [0.05, 0.1) is 19.7 Å². The summed E-state index contributed by atoms with van der Waals surface area (Å²) in [6.45, 7) is 0. The number of benzene rings is 3. The number of hydrogen-bond donors (Lipinski definition) is 2. The van der Waals surface area contributed by atoms with Crippen molar-refractivity contribution in [1.29, 1.82) is 0 Å². The van der Waals surface area contributed by atoms with E-state index in [0.29, 0.717) is 39.6 Å². The van der Waals surface area contributed by atoms with Gasteiger partial charge < -0.3 is 25.7 Å². The fourth-order valence-electron chi connectivity index (χ4n) is 5.14. The second-order valence-corrected chi connectivity index (χ2v) is 8.88. The number of fused-ring (bicyclic) bond motifs is 1. The zero-order chi connectivity index (χ0) is 26.4. The molecule has 37 heavy (non-hydrogen) atoms. The van der Waals surface area contributed by atoms with Crippen LogP contribution in [-0.2, 0) is 15.0 Å². The van der Waals surface area contributed by atoms with Crippen molar-refractivity contribution in [2.24, 2.45) is 16.9 Å². The lowest BCUT2D eigenvalue weighted by atomic mass is 9.79. The van der Waals surface area contributed by atoms with E-state index in [1.54, 1.807) is 62.9 Å². The highest BCUT2D eigenvalue weighted by Crippen LogP contribution is 2.68. The first kappa shape index (κ1) is 24.1. The Balaban J connectivity index is 1.53. The molecule has 1 aromatic heterocycles. The van der Waals surface area contributed by atoms with Crippen LogP contribution in [0.3, 0.4) is 0 Å². The Bertz CT molecular complexity index is 1510. The molecule has 1 heterocycles. The van der Waals surface area contributed by atoms with Gasteiger partial charge in [-0.3, -0.25) is 14.6 Å². The quantitative estimate of drug-likeness (QED) is 0.353. The van der Waals surface area contributed by atoms with Crippen LogP contribution in [0.15, 0.2) is 72.9 Å². The summed E-state index contributed by atoms with van der Waals surface area (Å²) < 4.78 is 30.6. The molecule has 1 saturated carbocycles. The van der Waals surface area contributed by atoms with Gasteiger partial charge in [0.15, 0.2) is 11.5 Å². The van der Waals surface area contributed by atoms with Crippen LogP contribution >= 0.6 is 0 Å². The van der Waals surface area contributed by atoms with Crippen molar-refractivity contribution in [3.8, 4) is 23.0 Å². The molecule has 3 aromatic carbocycles. The smallest absolute Gasteiger partial charge is 0.234 e. The van der Waals surface area contributed by atoms with Gasteiger partial charge in [-0.2, -0.15) is 0 Å². The third-order valence-electron chi connectivity index (χ3n) is 7.09. The molecule has 2 amide bonds. The van der Waals surface area contributed by atoms with Crippen LogP contribution in [0.25, 0.3) is 10.9 Å². The minimum Gasteiger partial charge on any atom is -0.493 e. The highest BCUT2D eigenvalue weighted by atomic mass is 19.1. The maximum absolute atomic E-state index is 13.6. The third-order valence-corrected chi connectivity index (χ3v) is 7.09. The van der Waals surface area contributed by atoms with E-state index in [-0.39, 0.29) is 6.42 Å². The first-order valence-corrected chi connectivity index (χ1v) is 11.4. The molecule has 1 aliphatic carbocycles. The molecule has 1 atom stereocenters. The number of rotatable bonds is 8. The minimum absolute atomic E-state index is 0.0904. The molecule has 0 saturated heterocycles. The highest BCUT2D eigenvalue weighted by molar-refractivity contribution is 6.11. The van der Waals surface area contributed by atoms with Crippen LogP contribution < -0.4 is 25.7 Å². The number of amides is 2. The van der Waals surface area contributed by atoms with Gasteiger partial charge in [-0.25, -0.2) is 4.39 Å². The van der Waals surface area contributed by atoms with E-state index in [2.05, 4.69) is 4.98 Å². The number of primary amides is 2. The fraction of sp³-hybridized carbons (Fsp3) is 0.179. The molecule has 0 radical (unpaired) electrons. The van der Waals surface area contributed by atoms with Gasteiger partial charge in [0.1, 0.15) is 22.7 Å². The van der Waals surface area contributed by atoms with Crippen LogP contribution in [0, 0.1) is 11.2 Å². The van der Waals surface area contributed by atoms with Gasteiger partial charge in [-0.1, -0.05) is 24.3 Å². The Kier molecular flexibility index (Phi) is 5.70. The molecule has 5 rings (SSSR count). The second-order valence-electron chi connectivity index (χ2n) is 8.88. The molecule has 0 bridgehead atoms. The van der Waals surface area contributed by atoms with Crippen LogP contribution in [-0.4, -0.2) is 31.0 Å².